The summed E-state index contributed by atoms with van der Waals surface area (Å²) in [4.78, 5) is 25.5. The quantitative estimate of drug-likeness (QED) is 0.411. The summed E-state index contributed by atoms with van der Waals surface area (Å²) in [6.07, 6.45) is 1.52. The van der Waals surface area contributed by atoms with Gasteiger partial charge >= 0.3 is 0 Å². The molecule has 3 nitrogen and oxygen atoms in total. The van der Waals surface area contributed by atoms with Crippen LogP contribution in [0.15, 0.2) is 28.8 Å². The molecule has 14 heavy (non-hydrogen) atoms. The first-order valence-corrected chi connectivity index (χ1v) is 4.18. The van der Waals surface area contributed by atoms with Gasteiger partial charge in [-0.2, -0.15) is 0 Å². The molecule has 0 fully saturated rings. The number of hydrogen-bond donors (Lipinski definition) is 0. The highest BCUT2D eigenvalue weighted by atomic mass is 16.2. The van der Waals surface area contributed by atoms with Gasteiger partial charge in [-0.25, -0.2) is 9.79 Å². The Balaban J connectivity index is 2.93. The summed E-state index contributed by atoms with van der Waals surface area (Å²) in [5.41, 5.74) is 0.917. The van der Waals surface area contributed by atoms with E-state index in [1.165, 1.54) is 6.08 Å². The number of benzene rings is 1. The van der Waals surface area contributed by atoms with Crippen molar-refractivity contribution in [2.24, 2.45) is 4.99 Å². The molecule has 68 valence electrons. The maximum absolute atomic E-state index is 11.2. The molecule has 1 heterocycles. The van der Waals surface area contributed by atoms with Gasteiger partial charge in [0.15, 0.2) is 0 Å². The van der Waals surface area contributed by atoms with Crippen molar-refractivity contribution in [2.75, 3.05) is 0 Å². The van der Waals surface area contributed by atoms with Crippen LogP contribution in [0.25, 0.3) is 6.08 Å². The number of fused-ring (bicyclic) bond motifs is 1. The van der Waals surface area contributed by atoms with Gasteiger partial charge in [0.05, 0.1) is 5.36 Å². The number of amides is 1. The first-order valence-electron chi connectivity index (χ1n) is 4.18. The van der Waals surface area contributed by atoms with Crippen molar-refractivity contribution in [3.8, 4) is 0 Å². The number of aryl methyl sites for hydroxylation is 1. The molecule has 0 saturated heterocycles. The minimum Gasteiger partial charge on any atom is -0.266 e. The Hall–Kier alpha value is -1.99. The molecular formula is C11H7NO2. The molecule has 0 aliphatic carbocycles. The van der Waals surface area contributed by atoms with Crippen LogP contribution in [0, 0.1) is 6.92 Å². The summed E-state index contributed by atoms with van der Waals surface area (Å²) in [5, 5.41) is 1.44. The molecule has 0 atom stereocenters. The first kappa shape index (κ1) is 8.60. The Kier molecular flexibility index (Phi) is 1.88. The lowest BCUT2D eigenvalue weighted by atomic mass is 10.1. The zero-order valence-electron chi connectivity index (χ0n) is 7.57. The van der Waals surface area contributed by atoms with E-state index in [4.69, 9.17) is 0 Å². The maximum atomic E-state index is 11.2. The zero-order valence-corrected chi connectivity index (χ0v) is 7.57. The van der Waals surface area contributed by atoms with Crippen LogP contribution in [-0.4, -0.2) is 11.8 Å². The van der Waals surface area contributed by atoms with E-state index in [1.54, 1.807) is 5.94 Å². The van der Waals surface area contributed by atoms with Crippen LogP contribution in [-0.2, 0) is 9.59 Å². The van der Waals surface area contributed by atoms with E-state index in [0.29, 0.717) is 5.36 Å². The average molecular weight is 185 g/mol. The van der Waals surface area contributed by atoms with Gasteiger partial charge < -0.3 is 0 Å². The second kappa shape index (κ2) is 3.05. The number of carbonyl (C=O) groups is 1. The summed E-state index contributed by atoms with van der Waals surface area (Å²) in [7, 11) is 0. The Morgan fingerprint density at radius 3 is 2.86 bits per heavy atom. The topological polar surface area (TPSA) is 46.5 Å². The van der Waals surface area contributed by atoms with Crippen molar-refractivity contribution in [2.45, 2.75) is 6.92 Å². The van der Waals surface area contributed by atoms with Crippen molar-refractivity contribution in [3.63, 3.8) is 0 Å². The normalized spacial score (nSPS) is 13.8. The van der Waals surface area contributed by atoms with E-state index in [0.717, 1.165) is 10.8 Å². The third-order valence-corrected chi connectivity index (χ3v) is 2.12. The SMILES string of the molecule is Cc1cccc2c1=NC(=O)C(=C=O)C=2. The molecule has 1 amide bonds. The monoisotopic (exact) mass is 185 g/mol. The van der Waals surface area contributed by atoms with E-state index < -0.39 is 5.91 Å². The van der Waals surface area contributed by atoms with Gasteiger partial charge in [0, 0.05) is 5.22 Å². The van der Waals surface area contributed by atoms with Crippen molar-refractivity contribution in [1.29, 1.82) is 0 Å². The second-order valence-electron chi connectivity index (χ2n) is 3.09. The van der Waals surface area contributed by atoms with E-state index in [9.17, 15) is 9.59 Å². The Morgan fingerprint density at radius 2 is 2.14 bits per heavy atom. The van der Waals surface area contributed by atoms with Crippen LogP contribution in [0.3, 0.4) is 0 Å². The van der Waals surface area contributed by atoms with Crippen LogP contribution in [0.5, 0.6) is 0 Å². The predicted octanol–water partition coefficient (Wildman–Crippen LogP) is -0.307. The summed E-state index contributed by atoms with van der Waals surface area (Å²) in [5.74, 6) is 1.07. The highest BCUT2D eigenvalue weighted by Crippen LogP contribution is 1.98. The van der Waals surface area contributed by atoms with Crippen LogP contribution in [0.4, 0.5) is 0 Å². The largest absolute Gasteiger partial charge is 0.288 e. The van der Waals surface area contributed by atoms with Gasteiger partial charge in [-0.1, -0.05) is 18.2 Å². The predicted molar refractivity (Wildman–Crippen MR) is 50.6 cm³/mol. The number of nitrogens with zero attached hydrogens (tertiary/aromatic N) is 1. The van der Waals surface area contributed by atoms with E-state index in [2.05, 4.69) is 4.99 Å². The summed E-state index contributed by atoms with van der Waals surface area (Å²) in [6, 6.07) is 5.55. The molecule has 0 aromatic heterocycles. The zero-order chi connectivity index (χ0) is 10.1. The fourth-order valence-electron chi connectivity index (χ4n) is 1.40. The van der Waals surface area contributed by atoms with Crippen molar-refractivity contribution < 1.29 is 9.59 Å². The standard InChI is InChI=1S/C11H7NO2/c1-7-3-2-4-8-5-9(6-13)11(14)12-10(7)8/h2-5H,1H3. The molecule has 0 unspecified atom stereocenters. The molecule has 0 bridgehead atoms. The van der Waals surface area contributed by atoms with Gasteiger partial charge in [-0.15, -0.1) is 0 Å². The van der Waals surface area contributed by atoms with E-state index in [-0.39, 0.29) is 5.57 Å². The molecule has 1 aromatic rings. The molecular weight excluding hydrogens is 178 g/mol. The number of rotatable bonds is 0. The van der Waals surface area contributed by atoms with Gasteiger partial charge in [0.2, 0.25) is 0 Å². The molecule has 0 radical (unpaired) electrons. The van der Waals surface area contributed by atoms with Crippen LogP contribution >= 0.6 is 0 Å². The molecule has 0 N–H and O–H groups in total. The molecule has 1 aliphatic heterocycles. The average Bonchev–Trinajstić information content (AvgIpc) is 2.19. The van der Waals surface area contributed by atoms with Crippen LogP contribution in [0.1, 0.15) is 5.56 Å². The Bertz CT molecular complexity index is 578. The fourth-order valence-corrected chi connectivity index (χ4v) is 1.40. The van der Waals surface area contributed by atoms with Gasteiger partial charge in [-0.3, -0.25) is 4.79 Å². The lowest BCUT2D eigenvalue weighted by molar-refractivity contribution is -0.114. The van der Waals surface area contributed by atoms with Crippen molar-refractivity contribution in [1.82, 2.24) is 0 Å². The third-order valence-electron chi connectivity index (χ3n) is 2.12. The lowest BCUT2D eigenvalue weighted by Gasteiger charge is -2.01. The van der Waals surface area contributed by atoms with E-state index in [1.807, 2.05) is 25.1 Å². The van der Waals surface area contributed by atoms with Gasteiger partial charge in [-0.05, 0) is 18.6 Å². The van der Waals surface area contributed by atoms with Gasteiger partial charge in [0.25, 0.3) is 5.91 Å². The number of hydrogen-bond acceptors (Lipinski definition) is 2. The smallest absolute Gasteiger partial charge is 0.266 e. The second-order valence-corrected chi connectivity index (χ2v) is 3.09. The minimum atomic E-state index is -0.512. The molecule has 1 aliphatic rings. The fraction of sp³-hybridized carbons (Fsp3) is 0.0909. The van der Waals surface area contributed by atoms with Crippen molar-refractivity contribution >= 4 is 17.9 Å². The molecule has 3 heteroatoms. The summed E-state index contributed by atoms with van der Waals surface area (Å²) >= 11 is 0. The molecule has 2 rings (SSSR count). The minimum absolute atomic E-state index is 0.0110. The molecule has 1 aromatic carbocycles. The summed E-state index contributed by atoms with van der Waals surface area (Å²) < 4.78 is 0. The summed E-state index contributed by atoms with van der Waals surface area (Å²) in [6.45, 7) is 1.87. The highest BCUT2D eigenvalue weighted by Gasteiger charge is 2.11. The third kappa shape index (κ3) is 1.20. The Morgan fingerprint density at radius 1 is 1.36 bits per heavy atom. The van der Waals surface area contributed by atoms with Crippen molar-refractivity contribution in [3.05, 3.63) is 39.9 Å². The van der Waals surface area contributed by atoms with Gasteiger partial charge in [0.1, 0.15) is 11.5 Å². The maximum Gasteiger partial charge on any atom is 0.288 e. The van der Waals surface area contributed by atoms with Crippen LogP contribution in [0.2, 0.25) is 0 Å². The molecule has 0 spiro atoms. The van der Waals surface area contributed by atoms with E-state index >= 15 is 0 Å². The molecule has 0 saturated carbocycles. The highest BCUT2D eigenvalue weighted by molar-refractivity contribution is 6.09. The Labute approximate surface area is 80.1 Å². The first-order chi connectivity index (χ1) is 6.72. The lowest BCUT2D eigenvalue weighted by Crippen LogP contribution is -2.32. The number of carbonyl (C=O) groups excluding carboxylic acids is 2. The van der Waals surface area contributed by atoms with Crippen LogP contribution < -0.4 is 10.6 Å². The number of para-hydroxylation sites is 1.